The lowest BCUT2D eigenvalue weighted by atomic mass is 9.93. The van der Waals surface area contributed by atoms with Crippen molar-refractivity contribution < 1.29 is 14.2 Å². The highest BCUT2D eigenvalue weighted by Crippen LogP contribution is 2.44. The Hall–Kier alpha value is -2.73. The molecular formula is C40H53ClN2O3. The molecule has 46 heavy (non-hydrogen) atoms. The van der Waals surface area contributed by atoms with Crippen molar-refractivity contribution in [1.29, 1.82) is 0 Å². The van der Waals surface area contributed by atoms with Crippen molar-refractivity contribution in [2.75, 3.05) is 26.3 Å². The van der Waals surface area contributed by atoms with Gasteiger partial charge in [-0.1, -0.05) is 48.4 Å². The van der Waals surface area contributed by atoms with E-state index in [0.717, 1.165) is 62.6 Å². The predicted molar refractivity (Wildman–Crippen MR) is 190 cm³/mol. The van der Waals surface area contributed by atoms with Crippen molar-refractivity contribution in [2.24, 2.45) is 0 Å². The Balaban J connectivity index is 1.16. The van der Waals surface area contributed by atoms with Gasteiger partial charge in [0.15, 0.2) is 0 Å². The molecule has 0 unspecified atom stereocenters. The second-order valence-electron chi connectivity index (χ2n) is 13.8. The Morgan fingerprint density at radius 1 is 0.826 bits per heavy atom. The molecule has 6 heteroatoms. The molecule has 0 spiro atoms. The van der Waals surface area contributed by atoms with E-state index in [1.165, 1.54) is 59.9 Å². The number of likely N-dealkylation sites (tertiary alicyclic amines) is 2. The van der Waals surface area contributed by atoms with Gasteiger partial charge < -0.3 is 14.2 Å². The van der Waals surface area contributed by atoms with Crippen molar-refractivity contribution in [1.82, 2.24) is 9.80 Å². The highest BCUT2D eigenvalue weighted by molar-refractivity contribution is 6.32. The first-order chi connectivity index (χ1) is 22.3. The molecule has 3 aliphatic rings. The lowest BCUT2D eigenvalue weighted by Crippen LogP contribution is -2.36. The number of benzene rings is 3. The quantitative estimate of drug-likeness (QED) is 0.183. The average Bonchev–Trinajstić information content (AvgIpc) is 3.61. The summed E-state index contributed by atoms with van der Waals surface area (Å²) in [5.41, 5.74) is 7.47. The van der Waals surface area contributed by atoms with Crippen LogP contribution in [0.5, 0.6) is 17.2 Å². The van der Waals surface area contributed by atoms with Crippen molar-refractivity contribution in [3.8, 4) is 28.4 Å². The molecule has 2 fully saturated rings. The van der Waals surface area contributed by atoms with Crippen molar-refractivity contribution in [2.45, 2.75) is 117 Å². The monoisotopic (exact) mass is 644 g/mol. The van der Waals surface area contributed by atoms with Gasteiger partial charge in [-0.05, 0) is 126 Å². The Kier molecular flexibility index (Phi) is 10.8. The molecule has 0 saturated carbocycles. The van der Waals surface area contributed by atoms with Gasteiger partial charge in [0.25, 0.3) is 0 Å². The maximum absolute atomic E-state index is 6.91. The van der Waals surface area contributed by atoms with Crippen LogP contribution in [0.15, 0.2) is 48.5 Å². The van der Waals surface area contributed by atoms with Crippen LogP contribution in [0.2, 0.25) is 5.02 Å². The van der Waals surface area contributed by atoms with E-state index in [1.54, 1.807) is 0 Å². The first kappa shape index (κ1) is 33.2. The summed E-state index contributed by atoms with van der Waals surface area (Å²) < 4.78 is 19.2. The van der Waals surface area contributed by atoms with Gasteiger partial charge in [0.1, 0.15) is 23.4 Å². The summed E-state index contributed by atoms with van der Waals surface area (Å²) in [4.78, 5) is 5.18. The molecule has 5 nitrogen and oxygen atoms in total. The molecule has 4 atom stereocenters. The number of rotatable bonds is 12. The van der Waals surface area contributed by atoms with E-state index >= 15 is 0 Å². The van der Waals surface area contributed by atoms with Crippen LogP contribution in [-0.2, 0) is 13.0 Å². The van der Waals surface area contributed by atoms with E-state index in [0.29, 0.717) is 35.5 Å². The molecule has 248 valence electrons. The fourth-order valence-electron chi connectivity index (χ4n) is 8.02. The minimum absolute atomic E-state index is 0.0509. The van der Waals surface area contributed by atoms with E-state index in [2.05, 4.69) is 80.0 Å². The summed E-state index contributed by atoms with van der Waals surface area (Å²) in [5, 5.41) is 0.655. The lowest BCUT2D eigenvalue weighted by Gasteiger charge is -2.33. The maximum atomic E-state index is 6.91. The number of piperidine rings is 1. The van der Waals surface area contributed by atoms with E-state index in [1.807, 2.05) is 13.0 Å². The third-order valence-electron chi connectivity index (χ3n) is 10.7. The second kappa shape index (κ2) is 15.0. The van der Waals surface area contributed by atoms with Crippen LogP contribution in [-0.4, -0.2) is 54.2 Å². The fraction of sp³-hybridized carbons (Fsp3) is 0.550. The summed E-state index contributed by atoms with van der Waals surface area (Å²) in [6.45, 7) is 15.7. The van der Waals surface area contributed by atoms with E-state index in [4.69, 9.17) is 25.8 Å². The molecule has 0 aromatic heterocycles. The minimum Gasteiger partial charge on any atom is -0.493 e. The Morgan fingerprint density at radius 2 is 1.61 bits per heavy atom. The van der Waals surface area contributed by atoms with Crippen molar-refractivity contribution in [3.05, 3.63) is 75.8 Å². The van der Waals surface area contributed by atoms with Crippen LogP contribution in [0.3, 0.4) is 0 Å². The highest BCUT2D eigenvalue weighted by atomic mass is 35.5. The van der Waals surface area contributed by atoms with Gasteiger partial charge >= 0.3 is 0 Å². The van der Waals surface area contributed by atoms with E-state index in [9.17, 15) is 0 Å². The zero-order chi connectivity index (χ0) is 32.2. The Morgan fingerprint density at radius 3 is 2.39 bits per heavy atom. The molecule has 3 aromatic rings. The van der Waals surface area contributed by atoms with Gasteiger partial charge in [0, 0.05) is 42.8 Å². The molecule has 0 amide bonds. The van der Waals surface area contributed by atoms with Crippen LogP contribution < -0.4 is 14.2 Å². The highest BCUT2D eigenvalue weighted by Gasteiger charge is 2.29. The SMILES string of the molecule is CCOc1cc(O[C@H]2CCc3c(-c4cccc(OCCCN5[C@H](C)CC[C@H]5C)c4C)cccc32)c(Cl)cc1CN1CCCC[C@H]1C. The molecule has 0 N–H and O–H groups in total. The van der Waals surface area contributed by atoms with Crippen molar-refractivity contribution >= 4 is 11.6 Å². The molecule has 2 saturated heterocycles. The number of fused-ring (bicyclic) bond motifs is 1. The van der Waals surface area contributed by atoms with Gasteiger partial charge in [0.2, 0.25) is 0 Å². The summed E-state index contributed by atoms with van der Waals surface area (Å²) >= 11 is 6.91. The minimum atomic E-state index is -0.0509. The summed E-state index contributed by atoms with van der Waals surface area (Å²) in [6, 6.07) is 19.1. The van der Waals surface area contributed by atoms with Crippen LogP contribution in [0.4, 0.5) is 0 Å². The lowest BCUT2D eigenvalue weighted by molar-refractivity contribution is 0.150. The zero-order valence-corrected chi connectivity index (χ0v) is 29.4. The molecule has 2 aliphatic heterocycles. The standard InChI is InChI=1S/C40H53ClN2O3/c1-6-44-39-25-40(36(41)24-31(39)26-42-21-8-7-12-27(42)2)46-38-20-19-34-33(14-9-15-35(34)38)32-13-10-16-37(30(32)5)45-23-11-22-43-28(3)17-18-29(43)4/h9-10,13-16,24-25,27-29,38H,6-8,11-12,17-23,26H2,1-5H3/t27-,28-,29-,38+/m1/s1. The summed E-state index contributed by atoms with van der Waals surface area (Å²) in [6.07, 6.45) is 9.30. The summed E-state index contributed by atoms with van der Waals surface area (Å²) in [7, 11) is 0. The van der Waals surface area contributed by atoms with Crippen LogP contribution in [0, 0.1) is 6.92 Å². The maximum Gasteiger partial charge on any atom is 0.142 e. The zero-order valence-electron chi connectivity index (χ0n) is 28.6. The Labute approximate surface area is 282 Å². The van der Waals surface area contributed by atoms with Crippen LogP contribution in [0.25, 0.3) is 11.1 Å². The number of nitrogens with zero attached hydrogens (tertiary/aromatic N) is 2. The van der Waals surface area contributed by atoms with Gasteiger partial charge in [0.05, 0.1) is 18.2 Å². The number of ether oxygens (including phenoxy) is 3. The van der Waals surface area contributed by atoms with Crippen LogP contribution >= 0.6 is 11.6 Å². The largest absolute Gasteiger partial charge is 0.493 e. The second-order valence-corrected chi connectivity index (χ2v) is 14.2. The first-order valence-electron chi connectivity index (χ1n) is 17.8. The van der Waals surface area contributed by atoms with Gasteiger partial charge in [-0.15, -0.1) is 0 Å². The molecule has 3 aromatic carbocycles. The van der Waals surface area contributed by atoms with Crippen LogP contribution in [0.1, 0.15) is 101 Å². The predicted octanol–water partition coefficient (Wildman–Crippen LogP) is 9.80. The van der Waals surface area contributed by atoms with Gasteiger partial charge in [-0.3, -0.25) is 9.80 Å². The van der Waals surface area contributed by atoms with Gasteiger partial charge in [-0.2, -0.15) is 0 Å². The Bertz CT molecular complexity index is 1480. The van der Waals surface area contributed by atoms with E-state index < -0.39 is 0 Å². The normalized spacial score (nSPS) is 23.4. The number of hydrogen-bond donors (Lipinski definition) is 0. The van der Waals surface area contributed by atoms with Gasteiger partial charge in [-0.25, -0.2) is 0 Å². The molecule has 6 rings (SSSR count). The molecule has 0 bridgehead atoms. The smallest absolute Gasteiger partial charge is 0.142 e. The summed E-state index contributed by atoms with van der Waals surface area (Å²) in [5.74, 6) is 2.56. The molecule has 0 radical (unpaired) electrons. The molecule has 1 aliphatic carbocycles. The topological polar surface area (TPSA) is 34.2 Å². The fourth-order valence-corrected chi connectivity index (χ4v) is 8.25. The molecule has 2 heterocycles. The average molecular weight is 645 g/mol. The third-order valence-corrected chi connectivity index (χ3v) is 11.0. The first-order valence-corrected chi connectivity index (χ1v) is 18.2. The third kappa shape index (κ3) is 7.22. The van der Waals surface area contributed by atoms with E-state index in [-0.39, 0.29) is 6.10 Å². The molecular weight excluding hydrogens is 592 g/mol. The number of halogens is 1. The number of hydrogen-bond acceptors (Lipinski definition) is 5. The van der Waals surface area contributed by atoms with Crippen molar-refractivity contribution in [3.63, 3.8) is 0 Å².